The van der Waals surface area contributed by atoms with Crippen LogP contribution < -0.4 is 15.8 Å². The van der Waals surface area contributed by atoms with Crippen molar-refractivity contribution < 1.29 is 9.53 Å². The Bertz CT molecular complexity index is 538. The van der Waals surface area contributed by atoms with Crippen LogP contribution >= 0.6 is 0 Å². The molecule has 5 nitrogen and oxygen atoms in total. The predicted molar refractivity (Wildman–Crippen MR) is 79.2 cm³/mol. The van der Waals surface area contributed by atoms with Gasteiger partial charge in [-0.1, -0.05) is 13.8 Å². The fourth-order valence-corrected chi connectivity index (χ4v) is 2.01. The van der Waals surface area contributed by atoms with Crippen molar-refractivity contribution >= 4 is 17.4 Å². The molecule has 1 aromatic carbocycles. The smallest absolute Gasteiger partial charge is 0.224 e. The second kappa shape index (κ2) is 5.53. The van der Waals surface area contributed by atoms with Gasteiger partial charge in [0.1, 0.15) is 5.75 Å². The van der Waals surface area contributed by atoms with Gasteiger partial charge < -0.3 is 15.8 Å². The minimum absolute atomic E-state index is 0.0642. The van der Waals surface area contributed by atoms with Crippen LogP contribution in [0.5, 0.6) is 5.75 Å². The molecule has 0 aliphatic carbocycles. The van der Waals surface area contributed by atoms with Gasteiger partial charge in [0.2, 0.25) is 5.91 Å². The number of aryl methyl sites for hydroxylation is 1. The van der Waals surface area contributed by atoms with Gasteiger partial charge in [0.15, 0.2) is 0 Å². The van der Waals surface area contributed by atoms with Gasteiger partial charge in [0, 0.05) is 17.5 Å². The number of ether oxygens (including phenoxy) is 1. The molecule has 1 aliphatic heterocycles. The summed E-state index contributed by atoms with van der Waals surface area (Å²) in [6, 6.07) is 5.69. The molecular formula is C15H21N3O2. The van der Waals surface area contributed by atoms with Crippen LogP contribution in [-0.2, 0) is 11.2 Å². The third-order valence-corrected chi connectivity index (χ3v) is 3.70. The van der Waals surface area contributed by atoms with E-state index in [4.69, 9.17) is 15.9 Å². The van der Waals surface area contributed by atoms with E-state index in [2.05, 4.69) is 5.32 Å². The van der Waals surface area contributed by atoms with Crippen LogP contribution in [0.4, 0.5) is 5.69 Å². The van der Waals surface area contributed by atoms with Crippen molar-refractivity contribution in [2.45, 2.75) is 33.1 Å². The fourth-order valence-electron chi connectivity index (χ4n) is 2.01. The van der Waals surface area contributed by atoms with Gasteiger partial charge in [0.25, 0.3) is 0 Å². The summed E-state index contributed by atoms with van der Waals surface area (Å²) in [6.07, 6.45) is 1.96. The van der Waals surface area contributed by atoms with E-state index in [1.54, 1.807) is 0 Å². The van der Waals surface area contributed by atoms with Crippen LogP contribution in [0.25, 0.3) is 0 Å². The van der Waals surface area contributed by atoms with Crippen LogP contribution in [0, 0.1) is 10.8 Å². The minimum Gasteiger partial charge on any atom is -0.494 e. The summed E-state index contributed by atoms with van der Waals surface area (Å²) in [7, 11) is 0. The molecule has 20 heavy (non-hydrogen) atoms. The third kappa shape index (κ3) is 3.29. The highest BCUT2D eigenvalue weighted by Gasteiger charge is 2.21. The maximum Gasteiger partial charge on any atom is 0.224 e. The number of amides is 1. The first-order chi connectivity index (χ1) is 9.38. The van der Waals surface area contributed by atoms with Gasteiger partial charge in [-0.15, -0.1) is 0 Å². The van der Waals surface area contributed by atoms with Gasteiger partial charge in [0.05, 0.1) is 12.4 Å². The van der Waals surface area contributed by atoms with Crippen LogP contribution in [0.2, 0.25) is 0 Å². The summed E-state index contributed by atoms with van der Waals surface area (Å²) >= 11 is 0. The maximum absolute atomic E-state index is 11.3. The SMILES string of the molecule is CC(C)(CCOc1ccc2c(c1)CCC(=O)N2)C(=N)N. The molecule has 1 aromatic rings. The number of amidine groups is 1. The van der Waals surface area contributed by atoms with Crippen LogP contribution in [0.15, 0.2) is 18.2 Å². The Kier molecular flexibility index (Phi) is 3.97. The van der Waals surface area contributed by atoms with E-state index < -0.39 is 0 Å². The van der Waals surface area contributed by atoms with Crippen molar-refractivity contribution in [1.82, 2.24) is 0 Å². The molecule has 5 heteroatoms. The number of hydrogen-bond donors (Lipinski definition) is 3. The summed E-state index contributed by atoms with van der Waals surface area (Å²) < 4.78 is 5.72. The number of anilines is 1. The minimum atomic E-state index is -0.345. The second-order valence-electron chi connectivity index (χ2n) is 5.76. The van der Waals surface area contributed by atoms with E-state index in [1.165, 1.54) is 0 Å². The molecule has 0 radical (unpaired) electrons. The van der Waals surface area contributed by atoms with Gasteiger partial charge >= 0.3 is 0 Å². The quantitative estimate of drug-likeness (QED) is 0.569. The number of fused-ring (bicyclic) bond motifs is 1. The van der Waals surface area contributed by atoms with Crippen molar-refractivity contribution in [2.75, 3.05) is 11.9 Å². The lowest BCUT2D eigenvalue weighted by Crippen LogP contribution is -2.32. The zero-order valence-corrected chi connectivity index (χ0v) is 12.0. The lowest BCUT2D eigenvalue weighted by molar-refractivity contribution is -0.116. The molecule has 0 saturated heterocycles. The molecule has 108 valence electrons. The molecule has 0 atom stereocenters. The molecule has 0 spiro atoms. The van der Waals surface area contributed by atoms with Gasteiger partial charge in [-0.25, -0.2) is 0 Å². The molecule has 0 saturated carbocycles. The maximum atomic E-state index is 11.3. The topological polar surface area (TPSA) is 88.2 Å². The number of rotatable bonds is 5. The zero-order chi connectivity index (χ0) is 14.8. The Morgan fingerprint density at radius 2 is 2.20 bits per heavy atom. The van der Waals surface area contributed by atoms with Crippen molar-refractivity contribution in [2.24, 2.45) is 11.1 Å². The molecule has 1 aliphatic rings. The first-order valence-electron chi connectivity index (χ1n) is 6.78. The number of nitrogens with two attached hydrogens (primary N) is 1. The molecule has 0 bridgehead atoms. The summed E-state index contributed by atoms with van der Waals surface area (Å²) in [5.41, 5.74) is 7.17. The monoisotopic (exact) mass is 275 g/mol. The van der Waals surface area contributed by atoms with E-state index >= 15 is 0 Å². The van der Waals surface area contributed by atoms with E-state index in [0.717, 1.165) is 23.4 Å². The molecule has 0 fully saturated rings. The Labute approximate surface area is 119 Å². The molecule has 1 heterocycles. The van der Waals surface area contributed by atoms with E-state index in [1.807, 2.05) is 32.0 Å². The van der Waals surface area contributed by atoms with Gasteiger partial charge in [-0.3, -0.25) is 10.2 Å². The Morgan fingerprint density at radius 3 is 2.90 bits per heavy atom. The van der Waals surface area contributed by atoms with Gasteiger partial charge in [-0.05, 0) is 36.6 Å². The lowest BCUT2D eigenvalue weighted by Gasteiger charge is -2.23. The zero-order valence-electron chi connectivity index (χ0n) is 12.0. The Morgan fingerprint density at radius 1 is 1.45 bits per heavy atom. The summed E-state index contributed by atoms with van der Waals surface area (Å²) in [5, 5.41) is 10.3. The van der Waals surface area contributed by atoms with E-state index in [0.29, 0.717) is 19.4 Å². The number of carbonyl (C=O) groups is 1. The molecule has 4 N–H and O–H groups in total. The Hall–Kier alpha value is -2.04. The van der Waals surface area contributed by atoms with Crippen LogP contribution in [0.3, 0.4) is 0 Å². The molecular weight excluding hydrogens is 254 g/mol. The Balaban J connectivity index is 1.95. The fraction of sp³-hybridized carbons (Fsp3) is 0.467. The lowest BCUT2D eigenvalue weighted by atomic mass is 9.88. The van der Waals surface area contributed by atoms with Crippen molar-refractivity contribution in [3.63, 3.8) is 0 Å². The largest absolute Gasteiger partial charge is 0.494 e. The molecule has 0 aromatic heterocycles. The van der Waals surface area contributed by atoms with Crippen LogP contribution in [-0.4, -0.2) is 18.3 Å². The number of nitrogens with one attached hydrogen (secondary N) is 2. The first-order valence-corrected chi connectivity index (χ1v) is 6.78. The summed E-state index contributed by atoms with van der Waals surface area (Å²) in [5.74, 6) is 1.03. The highest BCUT2D eigenvalue weighted by Crippen LogP contribution is 2.27. The average Bonchev–Trinajstić information content (AvgIpc) is 2.38. The van der Waals surface area contributed by atoms with Gasteiger partial charge in [-0.2, -0.15) is 0 Å². The highest BCUT2D eigenvalue weighted by atomic mass is 16.5. The van der Waals surface area contributed by atoms with E-state index in [9.17, 15) is 4.79 Å². The number of hydrogen-bond acceptors (Lipinski definition) is 3. The molecule has 2 rings (SSSR count). The normalized spacial score (nSPS) is 14.4. The number of benzene rings is 1. The molecule has 0 unspecified atom stereocenters. The van der Waals surface area contributed by atoms with E-state index in [-0.39, 0.29) is 17.2 Å². The summed E-state index contributed by atoms with van der Waals surface area (Å²) in [4.78, 5) is 11.3. The van der Waals surface area contributed by atoms with Crippen molar-refractivity contribution in [3.8, 4) is 5.75 Å². The molecule has 1 amide bonds. The van der Waals surface area contributed by atoms with Crippen LogP contribution in [0.1, 0.15) is 32.3 Å². The first kappa shape index (κ1) is 14.4. The second-order valence-corrected chi connectivity index (χ2v) is 5.76. The standard InChI is InChI=1S/C15H21N3O2/c1-15(2,14(16)17)7-8-20-11-4-5-12-10(9-11)3-6-13(19)18-12/h4-5,9H,3,6-8H2,1-2H3,(H3,16,17)(H,18,19). The summed E-state index contributed by atoms with van der Waals surface area (Å²) in [6.45, 7) is 4.37. The third-order valence-electron chi connectivity index (χ3n) is 3.70. The highest BCUT2D eigenvalue weighted by molar-refractivity contribution is 5.94. The number of carbonyl (C=O) groups excluding carboxylic acids is 1. The van der Waals surface area contributed by atoms with Crippen molar-refractivity contribution in [1.29, 1.82) is 5.41 Å². The predicted octanol–water partition coefficient (Wildman–Crippen LogP) is 2.30. The van der Waals surface area contributed by atoms with Crippen molar-refractivity contribution in [3.05, 3.63) is 23.8 Å². The average molecular weight is 275 g/mol.